The van der Waals surface area contributed by atoms with Crippen molar-refractivity contribution in [2.24, 2.45) is 0 Å². The average molecular weight is 323 g/mol. The molecule has 0 radical (unpaired) electrons. The van der Waals surface area contributed by atoms with Gasteiger partial charge in [-0.15, -0.1) is 0 Å². The molecule has 0 atom stereocenters. The van der Waals surface area contributed by atoms with Gasteiger partial charge in [-0.1, -0.05) is 62.0 Å². The predicted octanol–water partition coefficient (Wildman–Crippen LogP) is 5.55. The lowest BCUT2D eigenvalue weighted by Crippen LogP contribution is -2.20. The summed E-state index contributed by atoms with van der Waals surface area (Å²) in [5, 5.41) is 2.75. The van der Waals surface area contributed by atoms with E-state index < -0.39 is 0 Å². The van der Waals surface area contributed by atoms with Crippen molar-refractivity contribution in [3.8, 4) is 0 Å². The second-order valence-electron chi connectivity index (χ2n) is 6.02. The summed E-state index contributed by atoms with van der Waals surface area (Å²) in [6, 6.07) is 15.4. The van der Waals surface area contributed by atoms with Gasteiger partial charge in [0, 0.05) is 25.2 Å². The van der Waals surface area contributed by atoms with Crippen LogP contribution in [0.25, 0.3) is 10.8 Å². The maximum atomic E-state index is 4.31. The summed E-state index contributed by atoms with van der Waals surface area (Å²) in [6.45, 7) is 7.96. The molecule has 0 saturated carbocycles. The van der Waals surface area contributed by atoms with E-state index in [0.29, 0.717) is 0 Å². The van der Waals surface area contributed by atoms with Gasteiger partial charge in [0.15, 0.2) is 0 Å². The highest BCUT2D eigenvalue weighted by atomic mass is 16.5. The van der Waals surface area contributed by atoms with Crippen LogP contribution in [0, 0.1) is 0 Å². The SMILES string of the molecule is C=COC.CC/C=C(\Cc1cccc2ccccc12)N1CCCC1. The van der Waals surface area contributed by atoms with E-state index in [1.54, 1.807) is 7.11 Å². The maximum absolute atomic E-state index is 4.31. The molecule has 0 unspecified atom stereocenters. The van der Waals surface area contributed by atoms with Gasteiger partial charge in [0.2, 0.25) is 0 Å². The quantitative estimate of drug-likeness (QED) is 0.669. The van der Waals surface area contributed by atoms with Gasteiger partial charge in [-0.3, -0.25) is 0 Å². The number of hydrogen-bond donors (Lipinski definition) is 0. The van der Waals surface area contributed by atoms with E-state index in [0.717, 1.165) is 12.8 Å². The van der Waals surface area contributed by atoms with Gasteiger partial charge in [0.05, 0.1) is 13.4 Å². The van der Waals surface area contributed by atoms with E-state index >= 15 is 0 Å². The molecule has 0 spiro atoms. The third kappa shape index (κ3) is 4.89. The van der Waals surface area contributed by atoms with E-state index in [4.69, 9.17) is 0 Å². The Kier molecular flexibility index (Phi) is 7.41. The molecule has 24 heavy (non-hydrogen) atoms. The minimum Gasteiger partial charge on any atom is -0.505 e. The number of ether oxygens (including phenoxy) is 1. The van der Waals surface area contributed by atoms with Gasteiger partial charge in [-0.2, -0.15) is 0 Å². The summed E-state index contributed by atoms with van der Waals surface area (Å²) >= 11 is 0. The van der Waals surface area contributed by atoms with E-state index in [2.05, 4.69) is 71.7 Å². The monoisotopic (exact) mass is 323 g/mol. The zero-order valence-electron chi connectivity index (χ0n) is 15.0. The molecular weight excluding hydrogens is 294 g/mol. The predicted molar refractivity (Wildman–Crippen MR) is 104 cm³/mol. The molecule has 0 aliphatic carbocycles. The first-order chi connectivity index (χ1) is 11.8. The van der Waals surface area contributed by atoms with Crippen molar-refractivity contribution in [1.82, 2.24) is 4.90 Å². The van der Waals surface area contributed by atoms with Crippen LogP contribution < -0.4 is 0 Å². The topological polar surface area (TPSA) is 12.5 Å². The lowest BCUT2D eigenvalue weighted by molar-refractivity contribution is 0.339. The molecule has 2 heteroatoms. The van der Waals surface area contributed by atoms with Gasteiger partial charge in [-0.25, -0.2) is 0 Å². The molecule has 2 aromatic rings. The summed E-state index contributed by atoms with van der Waals surface area (Å²) < 4.78 is 4.31. The molecule has 1 aliphatic rings. The Labute approximate surface area is 146 Å². The molecule has 0 bridgehead atoms. The van der Waals surface area contributed by atoms with Gasteiger partial charge in [0.25, 0.3) is 0 Å². The molecule has 0 amide bonds. The summed E-state index contributed by atoms with van der Waals surface area (Å²) in [6.07, 6.45) is 8.66. The molecule has 1 heterocycles. The Hall–Kier alpha value is -2.22. The number of nitrogens with zero attached hydrogens (tertiary/aromatic N) is 1. The zero-order valence-corrected chi connectivity index (χ0v) is 15.0. The first-order valence-electron chi connectivity index (χ1n) is 8.84. The van der Waals surface area contributed by atoms with Crippen LogP contribution >= 0.6 is 0 Å². The number of hydrogen-bond acceptors (Lipinski definition) is 2. The van der Waals surface area contributed by atoms with Crippen LogP contribution in [0.3, 0.4) is 0 Å². The van der Waals surface area contributed by atoms with E-state index in [1.165, 1.54) is 54.2 Å². The van der Waals surface area contributed by atoms with Crippen LogP contribution in [0.1, 0.15) is 31.7 Å². The van der Waals surface area contributed by atoms with E-state index in [9.17, 15) is 0 Å². The van der Waals surface area contributed by atoms with Crippen LogP contribution in [0.2, 0.25) is 0 Å². The molecule has 1 saturated heterocycles. The minimum absolute atomic E-state index is 1.06. The largest absolute Gasteiger partial charge is 0.505 e. The van der Waals surface area contributed by atoms with Gasteiger partial charge < -0.3 is 9.64 Å². The van der Waals surface area contributed by atoms with E-state index in [1.807, 2.05) is 0 Å². The van der Waals surface area contributed by atoms with Crippen LogP contribution in [0.5, 0.6) is 0 Å². The second kappa shape index (κ2) is 9.82. The van der Waals surface area contributed by atoms with Crippen LogP contribution in [-0.2, 0) is 11.2 Å². The smallest absolute Gasteiger partial charge is 0.0766 e. The number of fused-ring (bicyclic) bond motifs is 1. The number of rotatable bonds is 5. The number of likely N-dealkylation sites (tertiary alicyclic amines) is 1. The molecule has 1 fully saturated rings. The lowest BCUT2D eigenvalue weighted by atomic mass is 10.00. The standard InChI is InChI=1S/C19H23N.C3H6O/c1-2-8-18(20-13-5-6-14-20)15-17-11-7-10-16-9-3-4-12-19(16)17;1-3-4-2/h3-4,7-12H,2,5-6,13-15H2,1H3;3H,1H2,2H3/b18-8+;. The highest BCUT2D eigenvalue weighted by molar-refractivity contribution is 5.85. The summed E-state index contributed by atoms with van der Waals surface area (Å²) in [7, 11) is 1.56. The fourth-order valence-electron chi connectivity index (χ4n) is 3.19. The summed E-state index contributed by atoms with van der Waals surface area (Å²) in [4.78, 5) is 2.57. The minimum atomic E-state index is 1.06. The normalized spacial score (nSPS) is 14.2. The van der Waals surface area contributed by atoms with Crippen molar-refractivity contribution in [2.45, 2.75) is 32.6 Å². The van der Waals surface area contributed by atoms with Crippen LogP contribution in [0.4, 0.5) is 0 Å². The Morgan fingerprint density at radius 1 is 1.12 bits per heavy atom. The van der Waals surface area contributed by atoms with Crippen LogP contribution in [-0.4, -0.2) is 25.1 Å². The first-order valence-corrected chi connectivity index (χ1v) is 8.84. The Balaban J connectivity index is 0.000000471. The maximum Gasteiger partial charge on any atom is 0.0766 e. The van der Waals surface area contributed by atoms with Crippen molar-refractivity contribution in [1.29, 1.82) is 0 Å². The Bertz CT molecular complexity index is 663. The van der Waals surface area contributed by atoms with Crippen molar-refractivity contribution in [3.05, 3.63) is 72.6 Å². The molecule has 2 aromatic carbocycles. The second-order valence-corrected chi connectivity index (χ2v) is 6.02. The fourth-order valence-corrected chi connectivity index (χ4v) is 3.19. The van der Waals surface area contributed by atoms with Crippen molar-refractivity contribution < 1.29 is 4.74 Å². The number of benzene rings is 2. The number of methoxy groups -OCH3 is 1. The first kappa shape index (κ1) is 18.1. The van der Waals surface area contributed by atoms with Gasteiger partial charge in [-0.05, 0) is 35.6 Å². The highest BCUT2D eigenvalue weighted by Crippen LogP contribution is 2.24. The van der Waals surface area contributed by atoms with Crippen molar-refractivity contribution >= 4 is 10.8 Å². The summed E-state index contributed by atoms with van der Waals surface area (Å²) in [5.41, 5.74) is 2.97. The Morgan fingerprint density at radius 3 is 2.46 bits per heavy atom. The van der Waals surface area contributed by atoms with Gasteiger partial charge in [0.1, 0.15) is 0 Å². The molecule has 1 aliphatic heterocycles. The number of allylic oxidation sites excluding steroid dienone is 2. The Morgan fingerprint density at radius 2 is 1.79 bits per heavy atom. The fraction of sp³-hybridized carbons (Fsp3) is 0.364. The third-order valence-electron chi connectivity index (χ3n) is 4.37. The molecule has 0 N–H and O–H groups in total. The zero-order chi connectivity index (χ0) is 17.2. The van der Waals surface area contributed by atoms with Crippen LogP contribution in [0.15, 0.2) is 67.1 Å². The molecule has 0 aromatic heterocycles. The van der Waals surface area contributed by atoms with Crippen molar-refractivity contribution in [3.63, 3.8) is 0 Å². The van der Waals surface area contributed by atoms with Crippen molar-refractivity contribution in [2.75, 3.05) is 20.2 Å². The molecular formula is C22H29NO. The highest BCUT2D eigenvalue weighted by Gasteiger charge is 2.15. The molecule has 2 nitrogen and oxygen atoms in total. The molecule has 128 valence electrons. The lowest BCUT2D eigenvalue weighted by Gasteiger charge is -2.22. The average Bonchev–Trinajstić information content (AvgIpc) is 3.16. The van der Waals surface area contributed by atoms with E-state index in [-0.39, 0.29) is 0 Å². The van der Waals surface area contributed by atoms with Gasteiger partial charge >= 0.3 is 0 Å². The summed E-state index contributed by atoms with van der Waals surface area (Å²) in [5.74, 6) is 0. The molecule has 3 rings (SSSR count). The third-order valence-corrected chi connectivity index (χ3v) is 4.37.